The van der Waals surface area contributed by atoms with Crippen molar-refractivity contribution in [2.45, 2.75) is 69.2 Å². The van der Waals surface area contributed by atoms with Gasteiger partial charge in [0.15, 0.2) is 0 Å². The standard InChI is InChI=1S/C14H10FNO4.5C2H6/c15-9-1-5-11(6-2-9)20-12-7-3-10(4-8-12)16-13(17)14(18)19;5*1-2/h1-8H,(H,16,17)(H,18,19);5*1-2H3. The van der Waals surface area contributed by atoms with Crippen LogP contribution in [0.5, 0.6) is 11.5 Å². The summed E-state index contributed by atoms with van der Waals surface area (Å²) in [7, 11) is 0. The average Bonchev–Trinajstić information content (AvgIpc) is 2.83. The first-order valence-corrected chi connectivity index (χ1v) is 10.6. The molecular formula is C24H40FNO4. The van der Waals surface area contributed by atoms with Crippen LogP contribution in [0.3, 0.4) is 0 Å². The molecule has 0 aliphatic heterocycles. The lowest BCUT2D eigenvalue weighted by atomic mass is 10.3. The van der Waals surface area contributed by atoms with Crippen LogP contribution in [0.4, 0.5) is 10.1 Å². The lowest BCUT2D eigenvalue weighted by Gasteiger charge is -2.07. The Balaban J connectivity index is -0.000000296. The molecule has 1 amide bonds. The number of hydrogen-bond donors (Lipinski definition) is 2. The summed E-state index contributed by atoms with van der Waals surface area (Å²) in [6.07, 6.45) is 0. The van der Waals surface area contributed by atoms with Crippen molar-refractivity contribution in [1.82, 2.24) is 0 Å². The van der Waals surface area contributed by atoms with E-state index in [2.05, 4.69) is 5.32 Å². The molecule has 0 aromatic heterocycles. The number of aliphatic carboxylic acids is 1. The van der Waals surface area contributed by atoms with Gasteiger partial charge in [-0.1, -0.05) is 69.2 Å². The van der Waals surface area contributed by atoms with Gasteiger partial charge in [0.25, 0.3) is 0 Å². The first kappa shape index (κ1) is 34.6. The number of carbonyl (C=O) groups excluding carboxylic acids is 1. The third-order valence-electron chi connectivity index (χ3n) is 2.36. The summed E-state index contributed by atoms with van der Waals surface area (Å²) < 4.78 is 18.2. The van der Waals surface area contributed by atoms with Crippen molar-refractivity contribution >= 4 is 17.6 Å². The van der Waals surface area contributed by atoms with Gasteiger partial charge in [-0.2, -0.15) is 0 Å². The normalized spacial score (nSPS) is 7.57. The minimum atomic E-state index is -1.56. The molecule has 6 heteroatoms. The lowest BCUT2D eigenvalue weighted by molar-refractivity contribution is -0.147. The zero-order chi connectivity index (χ0) is 24.5. The first-order chi connectivity index (χ1) is 14.5. The van der Waals surface area contributed by atoms with Crippen LogP contribution in [0.15, 0.2) is 48.5 Å². The summed E-state index contributed by atoms with van der Waals surface area (Å²) in [4.78, 5) is 21.3. The number of rotatable bonds is 3. The lowest BCUT2D eigenvalue weighted by Crippen LogP contribution is -2.21. The second-order valence-electron chi connectivity index (χ2n) is 3.84. The van der Waals surface area contributed by atoms with E-state index in [0.717, 1.165) is 0 Å². The van der Waals surface area contributed by atoms with Crippen LogP contribution in [0.1, 0.15) is 69.2 Å². The summed E-state index contributed by atoms with van der Waals surface area (Å²) in [5.41, 5.74) is 0.337. The molecule has 0 atom stereocenters. The Labute approximate surface area is 182 Å². The van der Waals surface area contributed by atoms with Gasteiger partial charge in [-0.05, 0) is 48.5 Å². The van der Waals surface area contributed by atoms with Crippen molar-refractivity contribution in [1.29, 1.82) is 0 Å². The fourth-order valence-electron chi connectivity index (χ4n) is 1.43. The second-order valence-corrected chi connectivity index (χ2v) is 3.84. The fraction of sp³-hybridized carbons (Fsp3) is 0.417. The van der Waals surface area contributed by atoms with Crippen LogP contribution in [0.25, 0.3) is 0 Å². The topological polar surface area (TPSA) is 75.6 Å². The maximum atomic E-state index is 12.7. The highest BCUT2D eigenvalue weighted by Crippen LogP contribution is 2.23. The van der Waals surface area contributed by atoms with Crippen LogP contribution in [-0.2, 0) is 9.59 Å². The van der Waals surface area contributed by atoms with Crippen molar-refractivity contribution in [2.75, 3.05) is 5.32 Å². The molecule has 0 aliphatic carbocycles. The molecule has 2 rings (SSSR count). The monoisotopic (exact) mass is 425 g/mol. The Bertz CT molecular complexity index is 627. The number of halogens is 1. The van der Waals surface area contributed by atoms with Gasteiger partial charge in [0.1, 0.15) is 17.3 Å². The number of anilines is 1. The molecule has 172 valence electrons. The van der Waals surface area contributed by atoms with Crippen LogP contribution < -0.4 is 10.1 Å². The van der Waals surface area contributed by atoms with Gasteiger partial charge >= 0.3 is 11.9 Å². The highest BCUT2D eigenvalue weighted by atomic mass is 19.1. The molecule has 0 spiro atoms. The Morgan fingerprint density at radius 2 is 1.03 bits per heavy atom. The minimum absolute atomic E-state index is 0.337. The highest BCUT2D eigenvalue weighted by Gasteiger charge is 2.10. The second kappa shape index (κ2) is 26.1. The van der Waals surface area contributed by atoms with E-state index in [1.807, 2.05) is 69.2 Å². The zero-order valence-electron chi connectivity index (χ0n) is 20.2. The summed E-state index contributed by atoms with van der Waals surface area (Å²) in [6.45, 7) is 20.0. The SMILES string of the molecule is CC.CC.CC.CC.CC.O=C(O)C(=O)Nc1ccc(Oc2ccc(F)cc2)cc1. The Hall–Kier alpha value is -2.89. The average molecular weight is 426 g/mol. The van der Waals surface area contributed by atoms with Crippen LogP contribution in [-0.4, -0.2) is 17.0 Å². The van der Waals surface area contributed by atoms with Crippen LogP contribution in [0.2, 0.25) is 0 Å². The molecule has 30 heavy (non-hydrogen) atoms. The molecule has 0 bridgehead atoms. The Morgan fingerprint density at radius 3 is 1.37 bits per heavy atom. The van der Waals surface area contributed by atoms with Gasteiger partial charge in [-0.3, -0.25) is 4.79 Å². The van der Waals surface area contributed by atoms with E-state index in [1.165, 1.54) is 36.4 Å². The third kappa shape index (κ3) is 17.2. The fourth-order valence-corrected chi connectivity index (χ4v) is 1.43. The predicted octanol–water partition coefficient (Wildman–Crippen LogP) is 7.77. The summed E-state index contributed by atoms with van der Waals surface area (Å²) >= 11 is 0. The molecular weight excluding hydrogens is 385 g/mol. The quantitative estimate of drug-likeness (QED) is 0.492. The van der Waals surface area contributed by atoms with Gasteiger partial charge in [-0.15, -0.1) is 0 Å². The van der Waals surface area contributed by atoms with Crippen molar-refractivity contribution < 1.29 is 23.8 Å². The molecule has 2 aromatic rings. The number of benzene rings is 2. The van der Waals surface area contributed by atoms with Gasteiger partial charge in [0.2, 0.25) is 0 Å². The van der Waals surface area contributed by atoms with Crippen molar-refractivity contribution in [3.05, 3.63) is 54.3 Å². The van der Waals surface area contributed by atoms with E-state index in [-0.39, 0.29) is 5.82 Å². The maximum Gasteiger partial charge on any atom is 0.394 e. The summed E-state index contributed by atoms with van der Waals surface area (Å²) in [5.74, 6) is -2.09. The Morgan fingerprint density at radius 1 is 0.700 bits per heavy atom. The number of carboxylic acid groups (broad SMARTS) is 1. The number of carboxylic acids is 1. The number of nitrogens with one attached hydrogen (secondary N) is 1. The van der Waals surface area contributed by atoms with Crippen molar-refractivity contribution in [3.63, 3.8) is 0 Å². The maximum absolute atomic E-state index is 12.7. The largest absolute Gasteiger partial charge is 0.474 e. The highest BCUT2D eigenvalue weighted by molar-refractivity contribution is 6.36. The minimum Gasteiger partial charge on any atom is -0.474 e. The van der Waals surface area contributed by atoms with E-state index in [9.17, 15) is 14.0 Å². The zero-order valence-corrected chi connectivity index (χ0v) is 20.2. The van der Waals surface area contributed by atoms with E-state index in [1.54, 1.807) is 12.1 Å². The van der Waals surface area contributed by atoms with Gasteiger partial charge in [0, 0.05) is 5.69 Å². The Kier molecular flexibility index (Phi) is 30.1. The van der Waals surface area contributed by atoms with E-state index in [0.29, 0.717) is 17.2 Å². The van der Waals surface area contributed by atoms with E-state index in [4.69, 9.17) is 9.84 Å². The van der Waals surface area contributed by atoms with Crippen molar-refractivity contribution in [2.24, 2.45) is 0 Å². The third-order valence-corrected chi connectivity index (χ3v) is 2.36. The summed E-state index contributed by atoms with van der Waals surface area (Å²) in [5, 5.41) is 10.6. The molecule has 0 saturated heterocycles. The number of ether oxygens (including phenoxy) is 1. The van der Waals surface area contributed by atoms with Crippen LogP contribution >= 0.6 is 0 Å². The van der Waals surface area contributed by atoms with E-state index < -0.39 is 11.9 Å². The van der Waals surface area contributed by atoms with E-state index >= 15 is 0 Å². The summed E-state index contributed by atoms with van der Waals surface area (Å²) in [6, 6.07) is 11.6. The van der Waals surface area contributed by atoms with Crippen molar-refractivity contribution in [3.8, 4) is 11.5 Å². The van der Waals surface area contributed by atoms with Crippen LogP contribution in [0, 0.1) is 5.82 Å². The molecule has 5 nitrogen and oxygen atoms in total. The molecule has 0 saturated carbocycles. The molecule has 0 heterocycles. The molecule has 0 radical (unpaired) electrons. The molecule has 2 N–H and O–H groups in total. The first-order valence-electron chi connectivity index (χ1n) is 10.6. The molecule has 0 aliphatic rings. The molecule has 0 fully saturated rings. The van der Waals surface area contributed by atoms with Gasteiger partial charge in [-0.25, -0.2) is 9.18 Å². The van der Waals surface area contributed by atoms with Gasteiger partial charge < -0.3 is 15.2 Å². The molecule has 2 aromatic carbocycles. The predicted molar refractivity (Wildman–Crippen MR) is 126 cm³/mol. The smallest absolute Gasteiger partial charge is 0.394 e. The number of carbonyl (C=O) groups is 2. The van der Waals surface area contributed by atoms with Gasteiger partial charge in [0.05, 0.1) is 0 Å². The number of hydrogen-bond acceptors (Lipinski definition) is 3. The molecule has 0 unspecified atom stereocenters. The number of amides is 1.